The van der Waals surface area contributed by atoms with Crippen molar-refractivity contribution in [1.29, 1.82) is 5.41 Å². The van der Waals surface area contributed by atoms with E-state index < -0.39 is 0 Å². The number of nitrogens with zero attached hydrogens (tertiary/aromatic N) is 3. The number of hydrogen-bond acceptors (Lipinski definition) is 1. The molecule has 0 fully saturated rings. The molecule has 0 saturated carbocycles. The third-order valence-corrected chi connectivity index (χ3v) is 10.3. The van der Waals surface area contributed by atoms with Crippen LogP contribution in [0.1, 0.15) is 41.7 Å². The fourth-order valence-corrected chi connectivity index (χ4v) is 7.75. The molecule has 1 aliphatic rings. The summed E-state index contributed by atoms with van der Waals surface area (Å²) in [5, 5.41) is 10.9. The Morgan fingerprint density at radius 1 is 0.604 bits per heavy atom. The molecule has 4 heteroatoms. The van der Waals surface area contributed by atoms with Gasteiger partial charge in [-0.2, -0.15) is 0 Å². The quantitative estimate of drug-likeness (QED) is 0.142. The van der Waals surface area contributed by atoms with Crippen LogP contribution in [-0.2, 0) is 5.41 Å². The van der Waals surface area contributed by atoms with Crippen LogP contribution in [0.25, 0.3) is 49.7 Å². The van der Waals surface area contributed by atoms with Crippen LogP contribution in [0.4, 0.5) is 0 Å². The van der Waals surface area contributed by atoms with Crippen LogP contribution in [-0.4, -0.2) is 23.0 Å². The van der Waals surface area contributed by atoms with E-state index in [2.05, 4.69) is 163 Å². The SMILES string of the molecule is C=NC(=NC(=N)c1ccccc1)c1ccc(-n2c3ccccc3c3ccc4c(c32)C(C)(C)c2ccccc2-4)cc1.Cc1cccc(-c2ccccc2)c1. The van der Waals surface area contributed by atoms with Crippen molar-refractivity contribution in [2.75, 3.05) is 0 Å². The summed E-state index contributed by atoms with van der Waals surface area (Å²) < 4.78 is 2.39. The van der Waals surface area contributed by atoms with Crippen molar-refractivity contribution in [3.05, 3.63) is 198 Å². The van der Waals surface area contributed by atoms with E-state index in [9.17, 15) is 0 Å². The standard InChI is InChI=1S/C36H28N4.C13H12/c1-36(2)30-15-9-7-13-26(30)28-21-22-29-27-14-8-10-16-31(27)40(33(29)32(28)36)25-19-17-24(18-20-25)35(38-3)39-34(37)23-11-5-4-6-12-23;1-11-6-5-9-13(10-11)12-7-3-2-4-8-12/h4-22,37H,3H2,1-2H3;2-10H,1H3. The Labute approximate surface area is 311 Å². The lowest BCUT2D eigenvalue weighted by atomic mass is 9.81. The predicted octanol–water partition coefficient (Wildman–Crippen LogP) is 12.2. The van der Waals surface area contributed by atoms with Gasteiger partial charge in [-0.3, -0.25) is 5.41 Å². The molecular weight excluding hydrogens is 645 g/mol. The molecule has 0 saturated heterocycles. The Morgan fingerprint density at radius 2 is 1.26 bits per heavy atom. The van der Waals surface area contributed by atoms with Gasteiger partial charge in [0.05, 0.1) is 11.0 Å². The van der Waals surface area contributed by atoms with Crippen molar-refractivity contribution in [2.45, 2.75) is 26.2 Å². The maximum Gasteiger partial charge on any atom is 0.161 e. The number of benzene rings is 7. The molecule has 1 heterocycles. The molecule has 0 amide bonds. The second kappa shape index (κ2) is 13.8. The average Bonchev–Trinajstić information content (AvgIpc) is 3.66. The van der Waals surface area contributed by atoms with Crippen molar-refractivity contribution in [3.63, 3.8) is 0 Å². The van der Waals surface area contributed by atoms with Crippen LogP contribution in [0.3, 0.4) is 0 Å². The van der Waals surface area contributed by atoms with Gasteiger partial charge in [0, 0.05) is 33.0 Å². The summed E-state index contributed by atoms with van der Waals surface area (Å²) in [7, 11) is 0. The molecule has 4 nitrogen and oxygen atoms in total. The Morgan fingerprint density at radius 3 is 2.00 bits per heavy atom. The first-order chi connectivity index (χ1) is 25.8. The Kier molecular flexibility index (Phi) is 8.73. The van der Waals surface area contributed by atoms with E-state index in [4.69, 9.17) is 5.41 Å². The summed E-state index contributed by atoms with van der Waals surface area (Å²) in [5.74, 6) is 0.590. The summed E-state index contributed by atoms with van der Waals surface area (Å²) in [6.07, 6.45) is 0. The molecule has 0 radical (unpaired) electrons. The minimum Gasteiger partial charge on any atom is -0.309 e. The Bertz CT molecular complexity index is 2660. The van der Waals surface area contributed by atoms with Crippen LogP contribution in [0.2, 0.25) is 0 Å². The first kappa shape index (κ1) is 33.5. The van der Waals surface area contributed by atoms with Gasteiger partial charge in [-0.25, -0.2) is 9.98 Å². The number of rotatable bonds is 4. The number of aromatic nitrogens is 1. The van der Waals surface area contributed by atoms with Gasteiger partial charge in [0.25, 0.3) is 0 Å². The van der Waals surface area contributed by atoms with Crippen LogP contribution < -0.4 is 0 Å². The normalized spacial score (nSPS) is 12.8. The monoisotopic (exact) mass is 684 g/mol. The zero-order valence-corrected chi connectivity index (χ0v) is 30.2. The van der Waals surface area contributed by atoms with Gasteiger partial charge in [0.2, 0.25) is 0 Å². The second-order valence-electron chi connectivity index (χ2n) is 14.0. The molecule has 1 aromatic heterocycles. The molecule has 7 aromatic carbocycles. The van der Waals surface area contributed by atoms with Crippen LogP contribution in [0.5, 0.6) is 0 Å². The van der Waals surface area contributed by atoms with E-state index >= 15 is 0 Å². The lowest BCUT2D eigenvalue weighted by molar-refractivity contribution is 0.664. The number of amidine groups is 2. The fraction of sp³-hybridized carbons (Fsp3) is 0.0816. The molecule has 0 spiro atoms. The second-order valence-corrected chi connectivity index (χ2v) is 14.0. The smallest absolute Gasteiger partial charge is 0.161 e. The molecule has 8 aromatic rings. The largest absolute Gasteiger partial charge is 0.309 e. The summed E-state index contributed by atoms with van der Waals surface area (Å²) in [5.41, 5.74) is 14.1. The highest BCUT2D eigenvalue weighted by Crippen LogP contribution is 2.52. The lowest BCUT2D eigenvalue weighted by Crippen LogP contribution is -2.16. The fourth-order valence-electron chi connectivity index (χ4n) is 7.75. The number of nitrogens with one attached hydrogen (secondary N) is 1. The third kappa shape index (κ3) is 6.08. The Balaban J connectivity index is 0.000000259. The van der Waals surface area contributed by atoms with Crippen molar-refractivity contribution in [2.24, 2.45) is 9.98 Å². The van der Waals surface area contributed by atoms with Crippen molar-refractivity contribution >= 4 is 40.2 Å². The number of aryl methyl sites for hydroxylation is 1. The van der Waals surface area contributed by atoms with Crippen LogP contribution in [0, 0.1) is 12.3 Å². The van der Waals surface area contributed by atoms with E-state index in [0.717, 1.165) is 16.8 Å². The minimum absolute atomic E-state index is 0.137. The van der Waals surface area contributed by atoms with Crippen molar-refractivity contribution in [1.82, 2.24) is 4.57 Å². The molecule has 1 aliphatic carbocycles. The van der Waals surface area contributed by atoms with Crippen molar-refractivity contribution in [3.8, 4) is 27.9 Å². The van der Waals surface area contributed by atoms with Gasteiger partial charge in [0.15, 0.2) is 11.7 Å². The number of aliphatic imine (C=N–C) groups is 2. The van der Waals surface area contributed by atoms with Crippen molar-refractivity contribution < 1.29 is 0 Å². The number of hydrogen-bond donors (Lipinski definition) is 1. The molecule has 0 atom stereocenters. The Hall–Kier alpha value is -6.65. The van der Waals surface area contributed by atoms with E-state index in [1.807, 2.05) is 48.5 Å². The van der Waals surface area contributed by atoms with E-state index in [1.54, 1.807) is 0 Å². The van der Waals surface area contributed by atoms with Gasteiger partial charge < -0.3 is 4.57 Å². The molecule has 0 unspecified atom stereocenters. The maximum absolute atomic E-state index is 8.43. The average molecular weight is 685 g/mol. The summed E-state index contributed by atoms with van der Waals surface area (Å²) in [6.45, 7) is 10.5. The van der Waals surface area contributed by atoms with E-state index in [-0.39, 0.29) is 11.3 Å². The molecular formula is C49H40N4. The molecule has 53 heavy (non-hydrogen) atoms. The topological polar surface area (TPSA) is 53.5 Å². The highest BCUT2D eigenvalue weighted by molar-refractivity contribution is 6.14. The molecule has 0 bridgehead atoms. The summed E-state index contributed by atoms with van der Waals surface area (Å²) >= 11 is 0. The zero-order chi connectivity index (χ0) is 36.5. The van der Waals surface area contributed by atoms with Gasteiger partial charge in [0.1, 0.15) is 0 Å². The minimum atomic E-state index is -0.137. The molecule has 9 rings (SSSR count). The molecule has 256 valence electrons. The van der Waals surface area contributed by atoms with Gasteiger partial charge in [-0.1, -0.05) is 159 Å². The molecule has 0 aliphatic heterocycles. The highest BCUT2D eigenvalue weighted by atomic mass is 15.0. The summed E-state index contributed by atoms with van der Waals surface area (Å²) in [4.78, 5) is 8.64. The first-order valence-corrected chi connectivity index (χ1v) is 17.9. The highest BCUT2D eigenvalue weighted by Gasteiger charge is 2.38. The zero-order valence-electron chi connectivity index (χ0n) is 30.2. The first-order valence-electron chi connectivity index (χ1n) is 17.9. The van der Waals surface area contributed by atoms with Crippen LogP contribution in [0.15, 0.2) is 180 Å². The van der Waals surface area contributed by atoms with Crippen LogP contribution >= 0.6 is 0 Å². The third-order valence-electron chi connectivity index (χ3n) is 10.3. The van der Waals surface area contributed by atoms with E-state index in [0.29, 0.717) is 5.84 Å². The molecule has 1 N–H and O–H groups in total. The predicted molar refractivity (Wildman–Crippen MR) is 224 cm³/mol. The van der Waals surface area contributed by atoms with Gasteiger partial charge >= 0.3 is 0 Å². The van der Waals surface area contributed by atoms with Gasteiger partial charge in [-0.05, 0) is 77.4 Å². The van der Waals surface area contributed by atoms with Gasteiger partial charge in [-0.15, -0.1) is 0 Å². The maximum atomic E-state index is 8.43. The van der Waals surface area contributed by atoms with E-state index in [1.165, 1.54) is 60.8 Å². The summed E-state index contributed by atoms with van der Waals surface area (Å²) in [6, 6.07) is 58.7. The number of fused-ring (bicyclic) bond motifs is 7. The lowest BCUT2D eigenvalue weighted by Gasteiger charge is -2.23. The number of para-hydroxylation sites is 1.